The number of hydrogen-bond donors (Lipinski definition) is 1. The summed E-state index contributed by atoms with van der Waals surface area (Å²) in [6.07, 6.45) is 4.82. The zero-order chi connectivity index (χ0) is 16.5. The molecular weight excluding hydrogens is 324 g/mol. The van der Waals surface area contributed by atoms with Crippen molar-refractivity contribution in [3.05, 3.63) is 54.6 Å². The second-order valence-corrected chi connectivity index (χ2v) is 6.20. The summed E-state index contributed by atoms with van der Waals surface area (Å²) in [5.74, 6) is 0.481. The minimum Gasteiger partial charge on any atom is -0.308 e. The van der Waals surface area contributed by atoms with Gasteiger partial charge in [-0.25, -0.2) is 14.6 Å². The van der Waals surface area contributed by atoms with E-state index < -0.39 is 6.04 Å². The highest BCUT2D eigenvalue weighted by molar-refractivity contribution is 7.13. The Bertz CT molecular complexity index is 974. The van der Waals surface area contributed by atoms with Crippen molar-refractivity contribution >= 4 is 28.7 Å². The minimum atomic E-state index is -0.474. The summed E-state index contributed by atoms with van der Waals surface area (Å²) in [5.41, 5.74) is 1.54. The Morgan fingerprint density at radius 2 is 2.21 bits per heavy atom. The summed E-state index contributed by atoms with van der Waals surface area (Å²) in [6.45, 7) is 1.78. The van der Waals surface area contributed by atoms with Crippen molar-refractivity contribution in [1.82, 2.24) is 24.1 Å². The predicted octanol–water partition coefficient (Wildman–Crippen LogP) is 2.85. The lowest BCUT2D eigenvalue weighted by Crippen LogP contribution is -2.24. The number of imidazole rings is 1. The number of rotatable bonds is 4. The van der Waals surface area contributed by atoms with Crippen molar-refractivity contribution in [3.63, 3.8) is 0 Å². The van der Waals surface area contributed by atoms with Crippen LogP contribution in [0.15, 0.2) is 54.6 Å². The molecule has 1 N–H and O–H groups in total. The Kier molecular flexibility index (Phi) is 3.58. The van der Waals surface area contributed by atoms with Crippen LogP contribution < -0.4 is 5.32 Å². The quantitative estimate of drug-likeness (QED) is 0.621. The van der Waals surface area contributed by atoms with Gasteiger partial charge in [0, 0.05) is 6.20 Å². The van der Waals surface area contributed by atoms with E-state index in [1.165, 1.54) is 17.3 Å². The van der Waals surface area contributed by atoms with Crippen LogP contribution in [0.2, 0.25) is 0 Å². The third kappa shape index (κ3) is 2.46. The van der Waals surface area contributed by atoms with E-state index >= 15 is 0 Å². The average Bonchev–Trinajstić information content (AvgIpc) is 3.35. The van der Waals surface area contributed by atoms with Crippen molar-refractivity contribution in [2.24, 2.45) is 0 Å². The van der Waals surface area contributed by atoms with Gasteiger partial charge in [0.1, 0.15) is 35.9 Å². The monoisotopic (exact) mass is 338 g/mol. The van der Waals surface area contributed by atoms with Crippen molar-refractivity contribution in [1.29, 1.82) is 0 Å². The first-order valence-corrected chi connectivity index (χ1v) is 8.28. The molecule has 0 saturated carbocycles. The van der Waals surface area contributed by atoms with Gasteiger partial charge in [0.2, 0.25) is 5.91 Å². The lowest BCUT2D eigenvalue weighted by Gasteiger charge is -2.12. The summed E-state index contributed by atoms with van der Waals surface area (Å²) in [6, 6.07) is 9.22. The van der Waals surface area contributed by atoms with Gasteiger partial charge < -0.3 is 5.32 Å². The van der Waals surface area contributed by atoms with Gasteiger partial charge in [-0.2, -0.15) is 5.10 Å². The maximum atomic E-state index is 12.6. The third-order valence-corrected chi connectivity index (χ3v) is 4.62. The van der Waals surface area contributed by atoms with Gasteiger partial charge >= 0.3 is 0 Å². The van der Waals surface area contributed by atoms with E-state index in [2.05, 4.69) is 20.4 Å². The number of fused-ring (bicyclic) bond motifs is 1. The topological polar surface area (TPSA) is 77.1 Å². The molecule has 4 rings (SSSR count). The second kappa shape index (κ2) is 5.89. The Balaban J connectivity index is 1.75. The first-order valence-electron chi connectivity index (χ1n) is 7.40. The lowest BCUT2D eigenvalue weighted by molar-refractivity contribution is -0.119. The highest BCUT2D eigenvalue weighted by atomic mass is 32.1. The fourth-order valence-electron chi connectivity index (χ4n) is 2.46. The number of nitrogens with one attached hydrogen (secondary N) is 1. The highest BCUT2D eigenvalue weighted by Gasteiger charge is 2.21. The maximum absolute atomic E-state index is 12.6. The molecule has 0 unspecified atom stereocenters. The van der Waals surface area contributed by atoms with Crippen molar-refractivity contribution < 1.29 is 4.79 Å². The number of carbonyl (C=O) groups is 1. The van der Waals surface area contributed by atoms with Crippen LogP contribution in [0.4, 0.5) is 5.82 Å². The molecule has 0 aromatic carbocycles. The smallest absolute Gasteiger partial charge is 0.250 e. The molecule has 24 heavy (non-hydrogen) atoms. The number of aromatic nitrogens is 5. The molecule has 0 aliphatic heterocycles. The molecule has 0 saturated heterocycles. The Morgan fingerprint density at radius 3 is 2.96 bits per heavy atom. The van der Waals surface area contributed by atoms with E-state index in [-0.39, 0.29) is 5.91 Å². The number of hydrogen-bond acceptors (Lipinski definition) is 5. The van der Waals surface area contributed by atoms with Gasteiger partial charge in [-0.1, -0.05) is 12.1 Å². The molecule has 7 nitrogen and oxygen atoms in total. The summed E-state index contributed by atoms with van der Waals surface area (Å²) in [5, 5.41) is 9.00. The molecule has 1 amide bonds. The van der Waals surface area contributed by atoms with Gasteiger partial charge in [-0.15, -0.1) is 11.3 Å². The molecule has 0 aliphatic rings. The third-order valence-electron chi connectivity index (χ3n) is 3.74. The Morgan fingerprint density at radius 1 is 1.29 bits per heavy atom. The van der Waals surface area contributed by atoms with Gasteiger partial charge in [-0.05, 0) is 30.5 Å². The molecule has 0 aliphatic carbocycles. The van der Waals surface area contributed by atoms with E-state index in [9.17, 15) is 4.79 Å². The van der Waals surface area contributed by atoms with Crippen LogP contribution in [0.1, 0.15) is 13.0 Å². The molecular formula is C16H14N6OS. The molecule has 0 radical (unpaired) electrons. The molecule has 4 aromatic heterocycles. The first kappa shape index (κ1) is 14.6. The van der Waals surface area contributed by atoms with Crippen LogP contribution in [0.5, 0.6) is 0 Å². The molecule has 0 fully saturated rings. The molecule has 4 heterocycles. The largest absolute Gasteiger partial charge is 0.308 e. The van der Waals surface area contributed by atoms with Crippen LogP contribution in [-0.4, -0.2) is 30.1 Å². The Labute approximate surface area is 141 Å². The number of nitrogens with zero attached hydrogens (tertiary/aromatic N) is 5. The van der Waals surface area contributed by atoms with Crippen LogP contribution in [-0.2, 0) is 4.79 Å². The van der Waals surface area contributed by atoms with Gasteiger partial charge in [0.25, 0.3) is 0 Å². The zero-order valence-electron chi connectivity index (χ0n) is 12.8. The number of anilines is 1. The molecule has 120 valence electrons. The van der Waals surface area contributed by atoms with Crippen LogP contribution in [0, 0.1) is 0 Å². The maximum Gasteiger partial charge on any atom is 0.250 e. The standard InChI is InChI=1S/C16H14N6OS/c1-11(22-10-17-9-18-22)16(23)20-15-14(12-5-4-8-24-12)19-13-6-2-3-7-21(13)15/h2-11H,1H3,(H,20,23)/t11-/m1/s1. The van der Waals surface area contributed by atoms with E-state index in [1.54, 1.807) is 18.3 Å². The summed E-state index contributed by atoms with van der Waals surface area (Å²) in [4.78, 5) is 22.2. The molecule has 0 spiro atoms. The van der Waals surface area contributed by atoms with Gasteiger partial charge in [0.15, 0.2) is 0 Å². The lowest BCUT2D eigenvalue weighted by atomic mass is 10.3. The van der Waals surface area contributed by atoms with Crippen LogP contribution >= 0.6 is 11.3 Å². The fourth-order valence-corrected chi connectivity index (χ4v) is 3.17. The SMILES string of the molecule is C[C@H](C(=O)Nc1c(-c2cccs2)nc2ccccn12)n1cncn1. The molecule has 0 bridgehead atoms. The number of thiophene rings is 1. The van der Waals surface area contributed by atoms with Gasteiger partial charge in [-0.3, -0.25) is 9.20 Å². The average molecular weight is 338 g/mol. The van der Waals surface area contributed by atoms with E-state index in [0.717, 1.165) is 16.2 Å². The normalized spacial score (nSPS) is 12.4. The van der Waals surface area contributed by atoms with Crippen LogP contribution in [0.25, 0.3) is 16.2 Å². The molecule has 8 heteroatoms. The van der Waals surface area contributed by atoms with E-state index in [0.29, 0.717) is 5.82 Å². The fraction of sp³-hybridized carbons (Fsp3) is 0.125. The van der Waals surface area contributed by atoms with Crippen molar-refractivity contribution in [3.8, 4) is 10.6 Å². The van der Waals surface area contributed by atoms with Crippen molar-refractivity contribution in [2.75, 3.05) is 5.32 Å². The number of pyridine rings is 1. The predicted molar refractivity (Wildman–Crippen MR) is 91.9 cm³/mol. The Hall–Kier alpha value is -3.00. The number of amides is 1. The van der Waals surface area contributed by atoms with E-state index in [4.69, 9.17) is 0 Å². The zero-order valence-corrected chi connectivity index (χ0v) is 13.6. The summed E-state index contributed by atoms with van der Waals surface area (Å²) in [7, 11) is 0. The van der Waals surface area contributed by atoms with Crippen molar-refractivity contribution in [2.45, 2.75) is 13.0 Å². The van der Waals surface area contributed by atoms with E-state index in [1.807, 2.05) is 46.3 Å². The van der Waals surface area contributed by atoms with Crippen LogP contribution in [0.3, 0.4) is 0 Å². The molecule has 1 atom stereocenters. The number of carbonyl (C=O) groups excluding carboxylic acids is 1. The second-order valence-electron chi connectivity index (χ2n) is 5.26. The summed E-state index contributed by atoms with van der Waals surface area (Å²) >= 11 is 1.58. The highest BCUT2D eigenvalue weighted by Crippen LogP contribution is 2.32. The minimum absolute atomic E-state index is 0.177. The first-order chi connectivity index (χ1) is 11.7. The molecule has 4 aromatic rings. The van der Waals surface area contributed by atoms with Gasteiger partial charge in [0.05, 0.1) is 4.88 Å². The summed E-state index contributed by atoms with van der Waals surface area (Å²) < 4.78 is 3.39.